The highest BCUT2D eigenvalue weighted by atomic mass is 79.9. The molecule has 1 fully saturated rings. The summed E-state index contributed by atoms with van der Waals surface area (Å²) in [6.45, 7) is 4.62. The number of nitrogens with zero attached hydrogens (tertiary/aromatic N) is 1. The molecule has 2 rings (SSSR count). The Hall–Kier alpha value is -1.01. The molecule has 2 unspecified atom stereocenters. The van der Waals surface area contributed by atoms with Crippen molar-refractivity contribution >= 4 is 21.6 Å². The lowest BCUT2D eigenvalue weighted by atomic mass is 9.79. The van der Waals surface area contributed by atoms with Crippen LogP contribution in [0.5, 0.6) is 0 Å². The van der Waals surface area contributed by atoms with E-state index >= 15 is 0 Å². The molecule has 3 heteroatoms. The van der Waals surface area contributed by atoms with Gasteiger partial charge < -0.3 is 5.32 Å². The highest BCUT2D eigenvalue weighted by Crippen LogP contribution is 2.32. The van der Waals surface area contributed by atoms with Crippen LogP contribution in [-0.4, -0.2) is 6.04 Å². The lowest BCUT2D eigenvalue weighted by Crippen LogP contribution is -2.29. The first kappa shape index (κ1) is 14.4. The fourth-order valence-corrected chi connectivity index (χ4v) is 3.28. The van der Waals surface area contributed by atoms with Crippen molar-refractivity contribution in [3.05, 3.63) is 28.2 Å². The van der Waals surface area contributed by atoms with Gasteiger partial charge in [0.1, 0.15) is 6.07 Å². The van der Waals surface area contributed by atoms with Crippen LogP contribution in [0.2, 0.25) is 0 Å². The fraction of sp³-hybridized carbons (Fsp3) is 0.562. The van der Waals surface area contributed by atoms with Gasteiger partial charge in [0, 0.05) is 10.5 Å². The fourth-order valence-electron chi connectivity index (χ4n) is 2.92. The van der Waals surface area contributed by atoms with Crippen LogP contribution in [0.4, 0.5) is 5.69 Å². The van der Waals surface area contributed by atoms with Crippen LogP contribution in [0.15, 0.2) is 22.7 Å². The molecule has 1 N–H and O–H groups in total. The van der Waals surface area contributed by atoms with E-state index in [1.54, 1.807) is 0 Å². The minimum atomic E-state index is 0.502. The Morgan fingerprint density at radius 3 is 2.84 bits per heavy atom. The molecule has 2 nitrogen and oxygen atoms in total. The highest BCUT2D eigenvalue weighted by Gasteiger charge is 2.24. The predicted molar refractivity (Wildman–Crippen MR) is 83.1 cm³/mol. The van der Waals surface area contributed by atoms with Crippen molar-refractivity contribution < 1.29 is 0 Å². The molecular weight excluding hydrogens is 300 g/mol. The Labute approximate surface area is 124 Å². The topological polar surface area (TPSA) is 35.8 Å². The molecular formula is C16H21BrN2. The van der Waals surface area contributed by atoms with Gasteiger partial charge in [0.25, 0.3) is 0 Å². The summed E-state index contributed by atoms with van der Waals surface area (Å²) in [6.07, 6.45) is 5.06. The summed E-state index contributed by atoms with van der Waals surface area (Å²) in [4.78, 5) is 0. The second kappa shape index (κ2) is 6.43. The summed E-state index contributed by atoms with van der Waals surface area (Å²) >= 11 is 3.48. The van der Waals surface area contributed by atoms with Gasteiger partial charge in [-0.15, -0.1) is 0 Å². The van der Waals surface area contributed by atoms with Crippen molar-refractivity contribution in [2.75, 3.05) is 5.32 Å². The summed E-state index contributed by atoms with van der Waals surface area (Å²) in [5.74, 6) is 1.56. The van der Waals surface area contributed by atoms with Crippen molar-refractivity contribution in [3.8, 4) is 6.07 Å². The molecule has 0 spiro atoms. The third-order valence-electron chi connectivity index (χ3n) is 4.12. The van der Waals surface area contributed by atoms with E-state index in [1.807, 2.05) is 18.2 Å². The van der Waals surface area contributed by atoms with Crippen LogP contribution < -0.4 is 5.32 Å². The molecule has 102 valence electrons. The third kappa shape index (κ3) is 3.73. The third-order valence-corrected chi connectivity index (χ3v) is 4.61. The van der Waals surface area contributed by atoms with E-state index < -0.39 is 0 Å². The largest absolute Gasteiger partial charge is 0.381 e. The van der Waals surface area contributed by atoms with E-state index in [9.17, 15) is 5.26 Å². The number of anilines is 1. The van der Waals surface area contributed by atoms with Gasteiger partial charge in [-0.2, -0.15) is 5.26 Å². The molecule has 0 saturated heterocycles. The van der Waals surface area contributed by atoms with E-state index in [2.05, 4.69) is 41.2 Å². The molecule has 2 atom stereocenters. The van der Waals surface area contributed by atoms with Gasteiger partial charge in [-0.25, -0.2) is 0 Å². The van der Waals surface area contributed by atoms with Gasteiger partial charge in [0.2, 0.25) is 0 Å². The minimum Gasteiger partial charge on any atom is -0.381 e. The molecule has 19 heavy (non-hydrogen) atoms. The summed E-state index contributed by atoms with van der Waals surface area (Å²) in [6, 6.07) is 8.57. The van der Waals surface area contributed by atoms with Crippen LogP contribution in [-0.2, 0) is 0 Å². The van der Waals surface area contributed by atoms with Crippen molar-refractivity contribution in [3.63, 3.8) is 0 Å². The number of benzene rings is 1. The molecule has 0 aliphatic heterocycles. The average molecular weight is 321 g/mol. The Balaban J connectivity index is 2.09. The molecule has 0 amide bonds. The number of rotatable bonds is 3. The maximum atomic E-state index is 9.17. The molecule has 1 saturated carbocycles. The zero-order valence-corrected chi connectivity index (χ0v) is 13.2. The first-order chi connectivity index (χ1) is 9.10. The van der Waals surface area contributed by atoms with Gasteiger partial charge >= 0.3 is 0 Å². The first-order valence-corrected chi connectivity index (χ1v) is 7.85. The molecule has 0 heterocycles. The van der Waals surface area contributed by atoms with Gasteiger partial charge in [-0.1, -0.05) is 42.6 Å². The standard InChI is InChI=1S/C16H21BrN2/c1-11(2)12-4-3-5-15(8-12)19-16-9-14(17)7-6-13(16)10-18/h6-7,9,11-12,15,19H,3-5,8H2,1-2H3. The number of hydrogen-bond acceptors (Lipinski definition) is 2. The average Bonchev–Trinajstić information content (AvgIpc) is 2.39. The van der Waals surface area contributed by atoms with E-state index in [0.717, 1.165) is 27.6 Å². The van der Waals surface area contributed by atoms with E-state index in [0.29, 0.717) is 6.04 Å². The minimum absolute atomic E-state index is 0.502. The number of nitrogens with one attached hydrogen (secondary N) is 1. The van der Waals surface area contributed by atoms with Crippen LogP contribution in [0.1, 0.15) is 45.1 Å². The Morgan fingerprint density at radius 1 is 1.37 bits per heavy atom. The molecule has 1 aliphatic carbocycles. The number of halogens is 1. The zero-order chi connectivity index (χ0) is 13.8. The second-order valence-electron chi connectivity index (χ2n) is 5.81. The first-order valence-electron chi connectivity index (χ1n) is 7.06. The van der Waals surface area contributed by atoms with Gasteiger partial charge in [-0.3, -0.25) is 0 Å². The molecule has 0 aromatic heterocycles. The highest BCUT2D eigenvalue weighted by molar-refractivity contribution is 9.10. The molecule has 0 radical (unpaired) electrons. The van der Waals surface area contributed by atoms with Crippen molar-refractivity contribution in [1.82, 2.24) is 0 Å². The van der Waals surface area contributed by atoms with E-state index in [-0.39, 0.29) is 0 Å². The molecule has 1 aromatic carbocycles. The summed E-state index contributed by atoms with van der Waals surface area (Å²) in [5, 5.41) is 12.7. The SMILES string of the molecule is CC(C)C1CCCC(Nc2cc(Br)ccc2C#N)C1. The van der Waals surface area contributed by atoms with Crippen molar-refractivity contribution in [2.24, 2.45) is 11.8 Å². The van der Waals surface area contributed by atoms with Gasteiger partial charge in [-0.05, 0) is 42.9 Å². The normalized spacial score (nSPS) is 23.1. The zero-order valence-electron chi connectivity index (χ0n) is 11.6. The Morgan fingerprint density at radius 2 is 2.16 bits per heavy atom. The monoisotopic (exact) mass is 320 g/mol. The van der Waals surface area contributed by atoms with Crippen molar-refractivity contribution in [1.29, 1.82) is 5.26 Å². The lowest BCUT2D eigenvalue weighted by Gasteiger charge is -2.32. The van der Waals surface area contributed by atoms with Crippen LogP contribution in [0, 0.1) is 23.2 Å². The van der Waals surface area contributed by atoms with E-state index in [4.69, 9.17) is 0 Å². The van der Waals surface area contributed by atoms with E-state index in [1.165, 1.54) is 25.7 Å². The van der Waals surface area contributed by atoms with Crippen LogP contribution in [0.25, 0.3) is 0 Å². The smallest absolute Gasteiger partial charge is 0.101 e. The van der Waals surface area contributed by atoms with Gasteiger partial charge in [0.15, 0.2) is 0 Å². The number of nitriles is 1. The lowest BCUT2D eigenvalue weighted by molar-refractivity contribution is 0.264. The van der Waals surface area contributed by atoms with Crippen LogP contribution >= 0.6 is 15.9 Å². The van der Waals surface area contributed by atoms with Crippen molar-refractivity contribution in [2.45, 2.75) is 45.6 Å². The Bertz CT molecular complexity index is 476. The predicted octanol–water partition coefficient (Wildman–Crippen LogP) is 4.95. The molecule has 0 bridgehead atoms. The summed E-state index contributed by atoms with van der Waals surface area (Å²) in [5.41, 5.74) is 1.70. The summed E-state index contributed by atoms with van der Waals surface area (Å²) in [7, 11) is 0. The quantitative estimate of drug-likeness (QED) is 0.855. The van der Waals surface area contributed by atoms with Crippen LogP contribution in [0.3, 0.4) is 0 Å². The number of hydrogen-bond donors (Lipinski definition) is 1. The maximum absolute atomic E-state index is 9.17. The Kier molecular flexibility index (Phi) is 4.87. The maximum Gasteiger partial charge on any atom is 0.101 e. The van der Waals surface area contributed by atoms with Gasteiger partial charge in [0.05, 0.1) is 11.3 Å². The molecule has 1 aromatic rings. The second-order valence-corrected chi connectivity index (χ2v) is 6.73. The summed E-state index contributed by atoms with van der Waals surface area (Å²) < 4.78 is 1.02. The molecule has 1 aliphatic rings.